The molecule has 4 rings (SSSR count). The topological polar surface area (TPSA) is 149 Å². The largest absolute Gasteiger partial charge is 0.415 e. The van der Waals surface area contributed by atoms with Gasteiger partial charge in [0.1, 0.15) is 12.1 Å². The molecule has 218 valence electrons. The van der Waals surface area contributed by atoms with E-state index in [0.717, 1.165) is 21.9 Å². The second-order valence-corrected chi connectivity index (χ2v) is 11.0. The van der Waals surface area contributed by atoms with Crippen LogP contribution in [0.15, 0.2) is 89.4 Å². The van der Waals surface area contributed by atoms with Gasteiger partial charge in [0.05, 0.1) is 0 Å². The molecule has 0 fully saturated rings. The number of nitrogens with zero attached hydrogens (tertiary/aromatic N) is 4. The van der Waals surface area contributed by atoms with E-state index in [2.05, 4.69) is 10.2 Å². The van der Waals surface area contributed by atoms with Gasteiger partial charge in [-0.3, -0.25) is 14.4 Å². The van der Waals surface area contributed by atoms with Crippen molar-refractivity contribution in [2.24, 2.45) is 11.5 Å². The van der Waals surface area contributed by atoms with E-state index in [-0.39, 0.29) is 30.0 Å². The maximum atomic E-state index is 14.3. The number of aromatic nitrogens is 2. The number of fused-ring (bicyclic) bond motifs is 1. The lowest BCUT2D eigenvalue weighted by molar-refractivity contribution is -0.143. The number of hydrogen-bond acceptors (Lipinski definition) is 7. The first kappa shape index (κ1) is 30.1. The molecule has 0 aliphatic heterocycles. The molecule has 4 N–H and O–H groups in total. The van der Waals surface area contributed by atoms with E-state index < -0.39 is 23.5 Å². The van der Waals surface area contributed by atoms with Crippen LogP contribution < -0.4 is 11.5 Å². The van der Waals surface area contributed by atoms with Crippen LogP contribution in [0.2, 0.25) is 0 Å². The van der Waals surface area contributed by atoms with E-state index >= 15 is 0 Å². The molecule has 1 heterocycles. The molecule has 0 bridgehead atoms. The van der Waals surface area contributed by atoms with Crippen molar-refractivity contribution in [3.63, 3.8) is 0 Å². The van der Waals surface area contributed by atoms with Crippen LogP contribution in [-0.2, 0) is 22.4 Å². The fourth-order valence-electron chi connectivity index (χ4n) is 4.62. The van der Waals surface area contributed by atoms with E-state index in [1.807, 2.05) is 72.8 Å². The van der Waals surface area contributed by atoms with Crippen LogP contribution in [0.4, 0.5) is 0 Å². The maximum Gasteiger partial charge on any atom is 0.306 e. The number of hydrogen-bond donors (Lipinski definition) is 2. The number of primary amides is 1. The first-order chi connectivity index (χ1) is 19.9. The Bertz CT molecular complexity index is 1590. The van der Waals surface area contributed by atoms with Crippen LogP contribution >= 0.6 is 0 Å². The lowest BCUT2D eigenvalue weighted by Crippen LogP contribution is -2.50. The molecular formula is C32H36N6O4. The number of benzene rings is 3. The lowest BCUT2D eigenvalue weighted by atomic mass is 9.98. The van der Waals surface area contributed by atoms with Gasteiger partial charge in [-0.2, -0.15) is 0 Å². The molecule has 4 aromatic rings. The fourth-order valence-corrected chi connectivity index (χ4v) is 4.62. The van der Waals surface area contributed by atoms with Gasteiger partial charge < -0.3 is 25.7 Å². The van der Waals surface area contributed by atoms with Crippen LogP contribution in [0.25, 0.3) is 10.8 Å². The Hall–Kier alpha value is -4.83. The predicted molar refractivity (Wildman–Crippen MR) is 160 cm³/mol. The molecule has 0 saturated carbocycles. The van der Waals surface area contributed by atoms with Gasteiger partial charge in [-0.1, -0.05) is 78.9 Å². The van der Waals surface area contributed by atoms with E-state index in [1.54, 1.807) is 34.0 Å². The van der Waals surface area contributed by atoms with Crippen molar-refractivity contribution in [1.82, 2.24) is 20.0 Å². The molecule has 42 heavy (non-hydrogen) atoms. The van der Waals surface area contributed by atoms with Gasteiger partial charge in [-0.05, 0) is 35.7 Å². The first-order valence-electron chi connectivity index (χ1n) is 13.6. The number of nitrogens with two attached hydrogens (primary N) is 2. The summed E-state index contributed by atoms with van der Waals surface area (Å²) in [6.07, 6.45) is 3.57. The van der Waals surface area contributed by atoms with Crippen LogP contribution in [-0.4, -0.2) is 63.4 Å². The summed E-state index contributed by atoms with van der Waals surface area (Å²) in [7, 11) is 3.21. The van der Waals surface area contributed by atoms with Crippen molar-refractivity contribution < 1.29 is 18.8 Å². The first-order valence-corrected chi connectivity index (χ1v) is 13.6. The van der Waals surface area contributed by atoms with Gasteiger partial charge in [0, 0.05) is 38.6 Å². The minimum Gasteiger partial charge on any atom is -0.415 e. The summed E-state index contributed by atoms with van der Waals surface area (Å²) < 4.78 is 5.58. The van der Waals surface area contributed by atoms with Crippen LogP contribution in [0.3, 0.4) is 0 Å². The number of carbonyl (C=O) groups excluding carboxylic acids is 3. The number of amides is 3. The van der Waals surface area contributed by atoms with Crippen LogP contribution in [0, 0.1) is 0 Å². The van der Waals surface area contributed by atoms with Crippen molar-refractivity contribution in [2.75, 3.05) is 14.1 Å². The van der Waals surface area contributed by atoms with Crippen LogP contribution in [0.5, 0.6) is 0 Å². The van der Waals surface area contributed by atoms with Crippen molar-refractivity contribution in [3.8, 4) is 0 Å². The van der Waals surface area contributed by atoms with Crippen molar-refractivity contribution in [3.05, 3.63) is 108 Å². The second kappa shape index (κ2) is 12.8. The number of rotatable bonds is 11. The van der Waals surface area contributed by atoms with Gasteiger partial charge in [0.15, 0.2) is 0 Å². The average Bonchev–Trinajstić information content (AvgIpc) is 3.47. The zero-order valence-electron chi connectivity index (χ0n) is 24.2. The summed E-state index contributed by atoms with van der Waals surface area (Å²) in [5.41, 5.74) is 12.5. The van der Waals surface area contributed by atoms with Gasteiger partial charge >= 0.3 is 11.8 Å². The molecule has 2 atom stereocenters. The summed E-state index contributed by atoms with van der Waals surface area (Å²) in [6.45, 7) is 3.56. The highest BCUT2D eigenvalue weighted by atomic mass is 16.4. The maximum absolute atomic E-state index is 14.3. The molecule has 0 spiro atoms. The Morgan fingerprint density at radius 1 is 0.881 bits per heavy atom. The third-order valence-corrected chi connectivity index (χ3v) is 7.02. The zero-order valence-corrected chi connectivity index (χ0v) is 24.2. The van der Waals surface area contributed by atoms with E-state index in [4.69, 9.17) is 15.9 Å². The van der Waals surface area contributed by atoms with Crippen molar-refractivity contribution in [2.45, 2.75) is 44.3 Å². The molecule has 10 heteroatoms. The Balaban J connectivity index is 1.71. The minimum atomic E-state index is -0.883. The monoisotopic (exact) mass is 568 g/mol. The third-order valence-electron chi connectivity index (χ3n) is 7.02. The van der Waals surface area contributed by atoms with E-state index in [0.29, 0.717) is 6.42 Å². The number of likely N-dealkylation sites (N-methyl/N-ethyl adjacent to an activating group) is 2. The predicted octanol–water partition coefficient (Wildman–Crippen LogP) is 3.43. The molecule has 0 aliphatic rings. The molecular weight excluding hydrogens is 532 g/mol. The molecule has 1 aromatic heterocycles. The molecule has 0 aliphatic carbocycles. The Morgan fingerprint density at radius 3 is 2.19 bits per heavy atom. The summed E-state index contributed by atoms with van der Waals surface area (Å²) in [6, 6.07) is 21.8. The highest BCUT2D eigenvalue weighted by molar-refractivity contribution is 5.93. The normalized spacial score (nSPS) is 13.2. The van der Waals surface area contributed by atoms with Crippen LogP contribution in [0.1, 0.15) is 47.6 Å². The highest BCUT2D eigenvalue weighted by Crippen LogP contribution is 2.26. The number of carbonyl (C=O) groups is 3. The van der Waals surface area contributed by atoms with Gasteiger partial charge in [-0.15, -0.1) is 10.2 Å². The van der Waals surface area contributed by atoms with Gasteiger partial charge in [0.2, 0.25) is 17.7 Å². The molecule has 3 aromatic carbocycles. The third kappa shape index (κ3) is 7.46. The smallest absolute Gasteiger partial charge is 0.306 e. The average molecular weight is 569 g/mol. The van der Waals surface area contributed by atoms with E-state index in [9.17, 15) is 14.4 Å². The minimum absolute atomic E-state index is 0.0618. The standard InChI is InChI=1S/C32H36N6O4/c1-32(2,34)17-16-27(39)37(3)26(20-22-14-15-23-12-8-9-13-24(23)18-22)31(41)38(4)25(19-21-10-6-5-7-11-21)29-35-36-30(42-29)28(33)40/h5-18,25-26H,19-20,34H2,1-4H3,(H2,33,40)/t25-,26-/m1/s1. The summed E-state index contributed by atoms with van der Waals surface area (Å²) in [5, 5.41) is 9.89. The lowest BCUT2D eigenvalue weighted by Gasteiger charge is -2.33. The quantitative estimate of drug-likeness (QED) is 0.263. The molecule has 10 nitrogen and oxygen atoms in total. The zero-order chi connectivity index (χ0) is 30.4. The van der Waals surface area contributed by atoms with Crippen molar-refractivity contribution in [1.29, 1.82) is 0 Å². The van der Waals surface area contributed by atoms with Gasteiger partial charge in [0.25, 0.3) is 0 Å². The molecule has 0 unspecified atom stereocenters. The van der Waals surface area contributed by atoms with E-state index in [1.165, 1.54) is 15.9 Å². The van der Waals surface area contributed by atoms with Gasteiger partial charge in [-0.25, -0.2) is 0 Å². The molecule has 0 radical (unpaired) electrons. The summed E-state index contributed by atoms with van der Waals surface area (Å²) >= 11 is 0. The summed E-state index contributed by atoms with van der Waals surface area (Å²) in [5.74, 6) is -1.87. The highest BCUT2D eigenvalue weighted by Gasteiger charge is 2.35. The SMILES string of the molecule is CN(C(=O)C=CC(C)(C)N)[C@H](Cc1ccc2ccccc2c1)C(=O)N(C)[C@H](Cc1ccccc1)c1nnc(C(N)=O)o1. The molecule has 0 saturated heterocycles. The summed E-state index contributed by atoms with van der Waals surface area (Å²) in [4.78, 5) is 42.2. The Morgan fingerprint density at radius 2 is 1.55 bits per heavy atom. The Kier molecular flexibility index (Phi) is 9.17. The fraction of sp³-hybridized carbons (Fsp3) is 0.281. The molecule has 3 amide bonds. The Labute approximate surface area is 245 Å². The second-order valence-electron chi connectivity index (χ2n) is 11.0. The van der Waals surface area contributed by atoms with Crippen molar-refractivity contribution >= 4 is 28.5 Å².